The number of aromatic carboxylic acids is 1. The summed E-state index contributed by atoms with van der Waals surface area (Å²) in [6.07, 6.45) is 0. The molecule has 0 aliphatic rings. The maximum Gasteiger partial charge on any atom is 0.336 e. The lowest BCUT2D eigenvalue weighted by atomic mass is 10.0. The predicted molar refractivity (Wildman–Crippen MR) is 93.3 cm³/mol. The molecule has 0 radical (unpaired) electrons. The summed E-state index contributed by atoms with van der Waals surface area (Å²) in [7, 11) is 4.56. The first-order chi connectivity index (χ1) is 11.9. The molecule has 0 spiro atoms. The molecule has 0 aliphatic heterocycles. The molecule has 0 bridgehead atoms. The highest BCUT2D eigenvalue weighted by Crippen LogP contribution is 2.35. The monoisotopic (exact) mass is 346 g/mol. The van der Waals surface area contributed by atoms with Crippen molar-refractivity contribution in [2.45, 2.75) is 20.5 Å². The summed E-state index contributed by atoms with van der Waals surface area (Å²) >= 11 is 0. The molecule has 0 fully saturated rings. The van der Waals surface area contributed by atoms with Crippen LogP contribution in [0, 0.1) is 13.8 Å². The molecule has 0 heterocycles. The largest absolute Gasteiger partial charge is 0.497 e. The minimum absolute atomic E-state index is 0.0439. The van der Waals surface area contributed by atoms with Crippen LogP contribution in [0.2, 0.25) is 0 Å². The van der Waals surface area contributed by atoms with Crippen LogP contribution in [0.25, 0.3) is 0 Å². The van der Waals surface area contributed by atoms with Crippen molar-refractivity contribution in [3.05, 3.63) is 46.5 Å². The van der Waals surface area contributed by atoms with Crippen molar-refractivity contribution in [2.75, 3.05) is 21.3 Å². The first kappa shape index (κ1) is 18.4. The van der Waals surface area contributed by atoms with Crippen LogP contribution < -0.4 is 18.9 Å². The molecule has 0 aliphatic carbocycles. The van der Waals surface area contributed by atoms with E-state index in [0.717, 1.165) is 11.1 Å². The van der Waals surface area contributed by atoms with Gasteiger partial charge in [-0.2, -0.15) is 0 Å². The van der Waals surface area contributed by atoms with E-state index in [4.69, 9.17) is 18.9 Å². The Hall–Kier alpha value is -2.89. The lowest BCUT2D eigenvalue weighted by Crippen LogP contribution is -2.10. The van der Waals surface area contributed by atoms with Gasteiger partial charge in [0, 0.05) is 17.2 Å². The molecular formula is C19H22O6. The number of hydrogen-bond acceptors (Lipinski definition) is 5. The zero-order valence-corrected chi connectivity index (χ0v) is 15.0. The molecular weight excluding hydrogens is 324 g/mol. The molecule has 2 aromatic rings. The van der Waals surface area contributed by atoms with Gasteiger partial charge in [0.05, 0.1) is 26.9 Å². The number of carbonyl (C=O) groups is 1. The average Bonchev–Trinajstić information content (AvgIpc) is 2.59. The lowest BCUT2D eigenvalue weighted by Gasteiger charge is -2.18. The fourth-order valence-electron chi connectivity index (χ4n) is 2.68. The zero-order valence-electron chi connectivity index (χ0n) is 15.0. The van der Waals surface area contributed by atoms with Gasteiger partial charge in [-0.15, -0.1) is 0 Å². The fraction of sp³-hybridized carbons (Fsp3) is 0.316. The molecule has 2 aromatic carbocycles. The van der Waals surface area contributed by atoms with E-state index in [9.17, 15) is 9.90 Å². The van der Waals surface area contributed by atoms with E-state index < -0.39 is 5.97 Å². The van der Waals surface area contributed by atoms with E-state index in [2.05, 4.69) is 0 Å². The van der Waals surface area contributed by atoms with E-state index in [0.29, 0.717) is 28.6 Å². The molecule has 2 rings (SSSR count). The second kappa shape index (κ2) is 7.79. The normalized spacial score (nSPS) is 10.3. The van der Waals surface area contributed by atoms with E-state index in [1.54, 1.807) is 13.2 Å². The predicted octanol–water partition coefficient (Wildman–Crippen LogP) is 3.61. The Balaban J connectivity index is 2.43. The summed E-state index contributed by atoms with van der Waals surface area (Å²) in [6, 6.07) is 6.96. The molecule has 1 N–H and O–H groups in total. The Morgan fingerprint density at radius 2 is 1.64 bits per heavy atom. The van der Waals surface area contributed by atoms with Gasteiger partial charge in [-0.1, -0.05) is 0 Å². The highest BCUT2D eigenvalue weighted by atomic mass is 16.5. The summed E-state index contributed by atoms with van der Waals surface area (Å²) in [5, 5.41) is 9.53. The van der Waals surface area contributed by atoms with Gasteiger partial charge in [-0.3, -0.25) is 0 Å². The van der Waals surface area contributed by atoms with E-state index in [-0.39, 0.29) is 12.2 Å². The average molecular weight is 346 g/mol. The van der Waals surface area contributed by atoms with Crippen LogP contribution in [0.15, 0.2) is 24.3 Å². The Labute approximate surface area is 146 Å². The number of benzene rings is 2. The Morgan fingerprint density at radius 1 is 0.960 bits per heavy atom. The molecule has 0 amide bonds. The van der Waals surface area contributed by atoms with Gasteiger partial charge in [0.15, 0.2) is 0 Å². The highest BCUT2D eigenvalue weighted by Gasteiger charge is 2.21. The first-order valence-electron chi connectivity index (χ1n) is 7.67. The molecule has 134 valence electrons. The molecule has 6 heteroatoms. The summed E-state index contributed by atoms with van der Waals surface area (Å²) < 4.78 is 21.7. The van der Waals surface area contributed by atoms with Gasteiger partial charge < -0.3 is 24.1 Å². The smallest absolute Gasteiger partial charge is 0.336 e. The Kier molecular flexibility index (Phi) is 5.75. The van der Waals surface area contributed by atoms with Gasteiger partial charge in [-0.05, 0) is 37.6 Å². The maximum atomic E-state index is 11.6. The maximum absolute atomic E-state index is 11.6. The number of methoxy groups -OCH3 is 3. The van der Waals surface area contributed by atoms with Crippen molar-refractivity contribution in [3.8, 4) is 23.0 Å². The molecule has 0 saturated carbocycles. The van der Waals surface area contributed by atoms with Gasteiger partial charge >= 0.3 is 5.97 Å². The fourth-order valence-corrected chi connectivity index (χ4v) is 2.68. The molecule has 0 saturated heterocycles. The third-order valence-electron chi connectivity index (χ3n) is 3.88. The van der Waals surface area contributed by atoms with E-state index in [1.807, 2.05) is 26.0 Å². The standard InChI is InChI=1S/C19H22O6/c1-11-6-13(22-3)8-14(7-11)25-10-16-15(19(20)21)9-17(23-4)12(2)18(16)24-5/h6-9H,10H2,1-5H3,(H,20,21). The quantitative estimate of drug-likeness (QED) is 0.825. The van der Waals surface area contributed by atoms with Gasteiger partial charge in [-0.25, -0.2) is 4.79 Å². The second-order valence-corrected chi connectivity index (χ2v) is 5.54. The van der Waals surface area contributed by atoms with Crippen LogP contribution in [-0.4, -0.2) is 32.4 Å². The van der Waals surface area contributed by atoms with Crippen molar-refractivity contribution in [2.24, 2.45) is 0 Å². The second-order valence-electron chi connectivity index (χ2n) is 5.54. The zero-order chi connectivity index (χ0) is 18.6. The van der Waals surface area contributed by atoms with Gasteiger partial charge in [0.2, 0.25) is 0 Å². The summed E-state index contributed by atoms with van der Waals surface area (Å²) in [4.78, 5) is 11.6. The van der Waals surface area contributed by atoms with Crippen molar-refractivity contribution < 1.29 is 28.8 Å². The number of aryl methyl sites for hydroxylation is 1. The topological polar surface area (TPSA) is 74.2 Å². The minimum atomic E-state index is -1.07. The van der Waals surface area contributed by atoms with Crippen LogP contribution in [0.4, 0.5) is 0 Å². The van der Waals surface area contributed by atoms with Crippen LogP contribution >= 0.6 is 0 Å². The van der Waals surface area contributed by atoms with Crippen LogP contribution in [-0.2, 0) is 6.61 Å². The first-order valence-corrected chi connectivity index (χ1v) is 7.67. The molecule has 0 unspecified atom stereocenters. The van der Waals surface area contributed by atoms with Gasteiger partial charge in [0.25, 0.3) is 0 Å². The third kappa shape index (κ3) is 3.96. The summed E-state index contributed by atoms with van der Waals surface area (Å²) in [5.41, 5.74) is 2.23. The number of carboxylic acids is 1. The van der Waals surface area contributed by atoms with Crippen molar-refractivity contribution in [1.29, 1.82) is 0 Å². The Morgan fingerprint density at radius 3 is 2.20 bits per heavy atom. The molecule has 0 atom stereocenters. The van der Waals surface area contributed by atoms with E-state index in [1.165, 1.54) is 20.3 Å². The minimum Gasteiger partial charge on any atom is -0.497 e. The number of hydrogen-bond donors (Lipinski definition) is 1. The summed E-state index contributed by atoms with van der Waals surface area (Å²) in [6.45, 7) is 3.78. The van der Waals surface area contributed by atoms with Crippen molar-refractivity contribution in [3.63, 3.8) is 0 Å². The third-order valence-corrected chi connectivity index (χ3v) is 3.88. The summed E-state index contributed by atoms with van der Waals surface area (Å²) in [5.74, 6) is 1.08. The lowest BCUT2D eigenvalue weighted by molar-refractivity contribution is 0.0692. The van der Waals surface area contributed by atoms with Crippen molar-refractivity contribution >= 4 is 5.97 Å². The molecule has 0 aromatic heterocycles. The number of rotatable bonds is 7. The van der Waals surface area contributed by atoms with Crippen molar-refractivity contribution in [1.82, 2.24) is 0 Å². The van der Waals surface area contributed by atoms with Crippen LogP contribution in [0.3, 0.4) is 0 Å². The number of carboxylic acid groups (broad SMARTS) is 1. The molecule has 25 heavy (non-hydrogen) atoms. The Bertz CT molecular complexity index is 782. The SMILES string of the molecule is COc1cc(C)cc(OCc2c(C(=O)O)cc(OC)c(C)c2OC)c1. The number of ether oxygens (including phenoxy) is 4. The highest BCUT2D eigenvalue weighted by molar-refractivity contribution is 5.91. The van der Waals surface area contributed by atoms with Crippen LogP contribution in [0.5, 0.6) is 23.0 Å². The van der Waals surface area contributed by atoms with Gasteiger partial charge in [0.1, 0.15) is 29.6 Å². The molecule has 6 nitrogen and oxygen atoms in total. The van der Waals surface area contributed by atoms with E-state index >= 15 is 0 Å². The van der Waals surface area contributed by atoms with Crippen LogP contribution in [0.1, 0.15) is 27.0 Å².